The number of para-hydroxylation sites is 1. The average Bonchev–Trinajstić information content (AvgIpc) is 3.21. The van der Waals surface area contributed by atoms with Gasteiger partial charge in [-0.1, -0.05) is 12.1 Å². The van der Waals surface area contributed by atoms with Crippen molar-refractivity contribution in [2.45, 2.75) is 29.9 Å². The van der Waals surface area contributed by atoms with E-state index in [4.69, 9.17) is 9.47 Å². The summed E-state index contributed by atoms with van der Waals surface area (Å²) in [5, 5.41) is 3.49. The molecule has 1 N–H and O–H groups in total. The monoisotopic (exact) mass is 267 g/mol. The maximum absolute atomic E-state index is 6.05. The number of hydrogen-bond acceptors (Lipinski definition) is 4. The summed E-state index contributed by atoms with van der Waals surface area (Å²) in [6.07, 6.45) is 4.72. The molecule has 2 rings (SSSR count). The van der Waals surface area contributed by atoms with Gasteiger partial charge in [0.25, 0.3) is 0 Å². The summed E-state index contributed by atoms with van der Waals surface area (Å²) in [5.41, 5.74) is 0. The van der Waals surface area contributed by atoms with Gasteiger partial charge in [-0.05, 0) is 31.2 Å². The lowest BCUT2D eigenvalue weighted by Crippen LogP contribution is -2.36. The maximum atomic E-state index is 6.05. The molecule has 1 unspecified atom stereocenters. The molecule has 0 heterocycles. The molecule has 100 valence electrons. The molecule has 1 aromatic rings. The maximum Gasteiger partial charge on any atom is 0.134 e. The first-order valence-corrected chi connectivity index (χ1v) is 7.58. The smallest absolute Gasteiger partial charge is 0.134 e. The van der Waals surface area contributed by atoms with E-state index in [0.29, 0.717) is 12.6 Å². The third kappa shape index (κ3) is 4.19. The molecule has 1 aromatic carbocycles. The summed E-state index contributed by atoms with van der Waals surface area (Å²) in [6.45, 7) is 1.46. The van der Waals surface area contributed by atoms with E-state index >= 15 is 0 Å². The first-order chi connectivity index (χ1) is 8.83. The van der Waals surface area contributed by atoms with Crippen molar-refractivity contribution >= 4 is 11.8 Å². The van der Waals surface area contributed by atoms with Crippen LogP contribution in [0.2, 0.25) is 0 Å². The van der Waals surface area contributed by atoms with Gasteiger partial charge in [0, 0.05) is 24.6 Å². The van der Waals surface area contributed by atoms with Gasteiger partial charge in [-0.15, -0.1) is 11.8 Å². The lowest BCUT2D eigenvalue weighted by atomic mass is 10.3. The van der Waals surface area contributed by atoms with Gasteiger partial charge in [-0.25, -0.2) is 0 Å². The quantitative estimate of drug-likeness (QED) is 0.733. The number of hydrogen-bond donors (Lipinski definition) is 1. The molecule has 1 atom stereocenters. The molecule has 18 heavy (non-hydrogen) atoms. The summed E-state index contributed by atoms with van der Waals surface area (Å²) in [6, 6.07) is 8.84. The molecule has 0 radical (unpaired) electrons. The minimum absolute atomic E-state index is 0.0731. The van der Waals surface area contributed by atoms with Crippen LogP contribution in [0.1, 0.15) is 12.8 Å². The van der Waals surface area contributed by atoms with Gasteiger partial charge in [0.2, 0.25) is 0 Å². The lowest BCUT2D eigenvalue weighted by molar-refractivity contribution is 0.0786. The van der Waals surface area contributed by atoms with Gasteiger partial charge in [0.1, 0.15) is 11.9 Å². The van der Waals surface area contributed by atoms with Crippen LogP contribution in [0.25, 0.3) is 0 Å². The minimum atomic E-state index is 0.0731. The van der Waals surface area contributed by atoms with Gasteiger partial charge in [0.15, 0.2) is 0 Å². The van der Waals surface area contributed by atoms with Crippen molar-refractivity contribution < 1.29 is 9.47 Å². The summed E-state index contributed by atoms with van der Waals surface area (Å²) in [4.78, 5) is 1.17. The normalized spacial score (nSPS) is 16.6. The molecular formula is C14H21NO2S. The predicted octanol–water partition coefficient (Wildman–Crippen LogP) is 2.55. The number of thioether (sulfide) groups is 1. The molecule has 0 bridgehead atoms. The van der Waals surface area contributed by atoms with E-state index in [2.05, 4.69) is 17.6 Å². The number of rotatable bonds is 8. The summed E-state index contributed by atoms with van der Waals surface area (Å²) >= 11 is 1.71. The molecule has 1 aliphatic rings. The molecule has 0 aromatic heterocycles. The first kappa shape index (κ1) is 13.7. The highest BCUT2D eigenvalue weighted by atomic mass is 32.2. The van der Waals surface area contributed by atoms with E-state index in [9.17, 15) is 0 Å². The van der Waals surface area contributed by atoms with E-state index in [0.717, 1.165) is 12.3 Å². The van der Waals surface area contributed by atoms with Crippen LogP contribution in [0.15, 0.2) is 29.2 Å². The highest BCUT2D eigenvalue weighted by Crippen LogP contribution is 2.28. The van der Waals surface area contributed by atoms with Crippen LogP contribution in [0, 0.1) is 0 Å². The van der Waals surface area contributed by atoms with Crippen LogP contribution in [0.3, 0.4) is 0 Å². The van der Waals surface area contributed by atoms with E-state index in [1.807, 2.05) is 18.2 Å². The molecule has 0 amide bonds. The summed E-state index contributed by atoms with van der Waals surface area (Å²) in [5.74, 6) is 0.949. The van der Waals surface area contributed by atoms with Crippen LogP contribution < -0.4 is 10.1 Å². The topological polar surface area (TPSA) is 30.5 Å². The van der Waals surface area contributed by atoms with Gasteiger partial charge < -0.3 is 14.8 Å². The molecule has 1 fully saturated rings. The van der Waals surface area contributed by atoms with Crippen LogP contribution in [0.4, 0.5) is 0 Å². The second-order valence-corrected chi connectivity index (χ2v) is 5.38. The molecule has 4 heteroatoms. The number of benzene rings is 1. The van der Waals surface area contributed by atoms with Gasteiger partial charge >= 0.3 is 0 Å². The van der Waals surface area contributed by atoms with E-state index in [1.54, 1.807) is 18.9 Å². The number of ether oxygens (including phenoxy) is 2. The minimum Gasteiger partial charge on any atom is -0.486 e. The number of methoxy groups -OCH3 is 1. The van der Waals surface area contributed by atoms with Crippen molar-refractivity contribution in [1.82, 2.24) is 5.32 Å². The third-order valence-electron chi connectivity index (χ3n) is 2.93. The van der Waals surface area contributed by atoms with Crippen molar-refractivity contribution in [3.8, 4) is 5.75 Å². The Morgan fingerprint density at radius 2 is 2.17 bits per heavy atom. The van der Waals surface area contributed by atoms with Crippen molar-refractivity contribution in [3.05, 3.63) is 24.3 Å². The summed E-state index contributed by atoms with van der Waals surface area (Å²) in [7, 11) is 1.72. The zero-order valence-electron chi connectivity index (χ0n) is 11.0. The Bertz CT molecular complexity index is 369. The van der Waals surface area contributed by atoms with Gasteiger partial charge in [-0.3, -0.25) is 0 Å². The van der Waals surface area contributed by atoms with Crippen molar-refractivity contribution in [1.29, 1.82) is 0 Å². The Hall–Kier alpha value is -0.710. The molecule has 0 spiro atoms. The second kappa shape index (κ2) is 7.02. The molecule has 0 saturated heterocycles. The molecule has 3 nitrogen and oxygen atoms in total. The fourth-order valence-electron chi connectivity index (χ4n) is 1.80. The van der Waals surface area contributed by atoms with Crippen LogP contribution in [0.5, 0.6) is 5.75 Å². The van der Waals surface area contributed by atoms with Crippen LogP contribution >= 0.6 is 11.8 Å². The lowest BCUT2D eigenvalue weighted by Gasteiger charge is -2.20. The zero-order chi connectivity index (χ0) is 12.8. The Morgan fingerprint density at radius 3 is 2.83 bits per heavy atom. The highest BCUT2D eigenvalue weighted by molar-refractivity contribution is 7.98. The fraction of sp³-hybridized carbons (Fsp3) is 0.571. The molecular weight excluding hydrogens is 246 g/mol. The first-order valence-electron chi connectivity index (χ1n) is 6.35. The van der Waals surface area contributed by atoms with E-state index in [-0.39, 0.29) is 6.10 Å². The standard InChI is InChI=1S/C14H21NO2S/c1-16-10-12(9-15-11-7-8-11)17-13-5-3-4-6-14(13)18-2/h3-6,11-12,15H,7-10H2,1-2H3. The Kier molecular flexibility index (Phi) is 5.35. The fourth-order valence-corrected chi connectivity index (χ4v) is 2.33. The highest BCUT2D eigenvalue weighted by Gasteiger charge is 2.22. The Morgan fingerprint density at radius 1 is 1.39 bits per heavy atom. The largest absolute Gasteiger partial charge is 0.486 e. The van der Waals surface area contributed by atoms with Crippen molar-refractivity contribution in [3.63, 3.8) is 0 Å². The van der Waals surface area contributed by atoms with E-state index in [1.165, 1.54) is 17.7 Å². The molecule has 1 aliphatic carbocycles. The summed E-state index contributed by atoms with van der Waals surface area (Å²) < 4.78 is 11.3. The van der Waals surface area contributed by atoms with Gasteiger partial charge in [0.05, 0.1) is 6.61 Å². The average molecular weight is 267 g/mol. The zero-order valence-corrected chi connectivity index (χ0v) is 11.8. The van der Waals surface area contributed by atoms with Crippen LogP contribution in [-0.4, -0.2) is 38.7 Å². The Labute approximate surface area is 113 Å². The molecule has 0 aliphatic heterocycles. The SMILES string of the molecule is COCC(CNC1CC1)Oc1ccccc1SC. The van der Waals surface area contributed by atoms with Crippen LogP contribution in [-0.2, 0) is 4.74 Å². The number of nitrogens with one attached hydrogen (secondary N) is 1. The van der Waals surface area contributed by atoms with Crippen molar-refractivity contribution in [2.75, 3.05) is 26.5 Å². The Balaban J connectivity index is 1.92. The molecule has 1 saturated carbocycles. The van der Waals surface area contributed by atoms with Crippen molar-refractivity contribution in [2.24, 2.45) is 0 Å². The second-order valence-electron chi connectivity index (χ2n) is 4.53. The third-order valence-corrected chi connectivity index (χ3v) is 3.70. The predicted molar refractivity (Wildman–Crippen MR) is 75.5 cm³/mol. The van der Waals surface area contributed by atoms with Gasteiger partial charge in [-0.2, -0.15) is 0 Å². The van der Waals surface area contributed by atoms with E-state index < -0.39 is 0 Å².